The first-order valence-electron chi connectivity index (χ1n) is 5.59. The number of hydrogen-bond acceptors (Lipinski definition) is 2. The number of nitrogens with zero attached hydrogens (tertiary/aromatic N) is 1. The summed E-state index contributed by atoms with van der Waals surface area (Å²) < 4.78 is 0. The van der Waals surface area contributed by atoms with Crippen molar-refractivity contribution in [1.29, 1.82) is 0 Å². The van der Waals surface area contributed by atoms with Crippen molar-refractivity contribution in [3.63, 3.8) is 0 Å². The summed E-state index contributed by atoms with van der Waals surface area (Å²) in [7, 11) is 0. The number of aromatic nitrogens is 1. The maximum atomic E-state index is 10.0. The lowest BCUT2D eigenvalue weighted by Gasteiger charge is -2.10. The van der Waals surface area contributed by atoms with Gasteiger partial charge in [-0.1, -0.05) is 29.8 Å². The van der Waals surface area contributed by atoms with Crippen LogP contribution in [0, 0.1) is 0 Å². The van der Waals surface area contributed by atoms with Crippen LogP contribution < -0.4 is 0 Å². The van der Waals surface area contributed by atoms with E-state index < -0.39 is 6.10 Å². The molecule has 88 valence electrons. The van der Waals surface area contributed by atoms with Gasteiger partial charge in [-0.3, -0.25) is 4.98 Å². The minimum absolute atomic E-state index is 0.490. The van der Waals surface area contributed by atoms with Crippen molar-refractivity contribution in [2.75, 3.05) is 0 Å². The average molecular weight is 248 g/mol. The summed E-state index contributed by atoms with van der Waals surface area (Å²) in [6.07, 6.45) is 2.68. The van der Waals surface area contributed by atoms with Gasteiger partial charge in [0.05, 0.1) is 6.10 Å². The highest BCUT2D eigenvalue weighted by atomic mass is 35.5. The fraction of sp³-hybridized carbons (Fsp3) is 0.214. The Kier molecular flexibility index (Phi) is 4.13. The van der Waals surface area contributed by atoms with Crippen LogP contribution in [0.2, 0.25) is 5.02 Å². The highest BCUT2D eigenvalue weighted by Crippen LogP contribution is 2.21. The number of hydrogen-bond donors (Lipinski definition) is 1. The molecule has 0 amide bonds. The van der Waals surface area contributed by atoms with E-state index in [1.54, 1.807) is 18.3 Å². The van der Waals surface area contributed by atoms with Crippen molar-refractivity contribution >= 4 is 11.6 Å². The molecule has 0 aliphatic rings. The lowest BCUT2D eigenvalue weighted by atomic mass is 10.0. The summed E-state index contributed by atoms with van der Waals surface area (Å²) in [5.74, 6) is 0. The molecular weight excluding hydrogens is 234 g/mol. The van der Waals surface area contributed by atoms with Crippen LogP contribution in [0.3, 0.4) is 0 Å². The number of aliphatic hydroxyl groups excluding tert-OH is 1. The second kappa shape index (κ2) is 5.80. The molecule has 1 aromatic carbocycles. The van der Waals surface area contributed by atoms with Gasteiger partial charge in [-0.05, 0) is 42.7 Å². The predicted molar refractivity (Wildman–Crippen MR) is 69.0 cm³/mol. The van der Waals surface area contributed by atoms with Gasteiger partial charge in [0.2, 0.25) is 0 Å². The Bertz CT molecular complexity index is 473. The van der Waals surface area contributed by atoms with Gasteiger partial charge in [-0.2, -0.15) is 0 Å². The third-order valence-corrected chi connectivity index (χ3v) is 2.87. The third-order valence-electron chi connectivity index (χ3n) is 2.63. The molecule has 17 heavy (non-hydrogen) atoms. The lowest BCUT2D eigenvalue weighted by Crippen LogP contribution is -2.00. The Morgan fingerprint density at radius 3 is 2.76 bits per heavy atom. The molecule has 2 rings (SSSR count). The Hall–Kier alpha value is -1.38. The Labute approximate surface area is 106 Å². The van der Waals surface area contributed by atoms with Gasteiger partial charge in [0.25, 0.3) is 0 Å². The summed E-state index contributed by atoms with van der Waals surface area (Å²) in [5.41, 5.74) is 1.85. The molecule has 0 saturated heterocycles. The zero-order valence-electron chi connectivity index (χ0n) is 9.38. The molecule has 0 bridgehead atoms. The molecule has 0 aliphatic carbocycles. The molecule has 0 radical (unpaired) electrons. The van der Waals surface area contributed by atoms with Crippen LogP contribution >= 0.6 is 11.6 Å². The number of rotatable bonds is 4. The Morgan fingerprint density at radius 2 is 2.06 bits per heavy atom. The summed E-state index contributed by atoms with van der Waals surface area (Å²) in [5, 5.41) is 10.7. The van der Waals surface area contributed by atoms with Crippen molar-refractivity contribution in [2.45, 2.75) is 18.9 Å². The van der Waals surface area contributed by atoms with Gasteiger partial charge >= 0.3 is 0 Å². The van der Waals surface area contributed by atoms with Crippen molar-refractivity contribution < 1.29 is 5.11 Å². The van der Waals surface area contributed by atoms with Crippen molar-refractivity contribution in [1.82, 2.24) is 4.98 Å². The van der Waals surface area contributed by atoms with Crippen LogP contribution in [0.15, 0.2) is 48.7 Å². The standard InChI is InChI=1S/C14H14ClNO/c15-12-5-3-4-11(10-12)14(17)8-7-13-6-1-2-9-16-13/h1-6,9-10,14,17H,7-8H2. The first-order chi connectivity index (χ1) is 8.25. The smallest absolute Gasteiger partial charge is 0.0794 e. The number of aryl methyl sites for hydroxylation is 1. The first kappa shape index (κ1) is 12.1. The van der Waals surface area contributed by atoms with E-state index in [2.05, 4.69) is 4.98 Å². The van der Waals surface area contributed by atoms with Gasteiger partial charge in [0.1, 0.15) is 0 Å². The van der Waals surface area contributed by atoms with Gasteiger partial charge in [0, 0.05) is 16.9 Å². The van der Waals surface area contributed by atoms with E-state index in [1.165, 1.54) is 0 Å². The normalized spacial score (nSPS) is 12.4. The predicted octanol–water partition coefficient (Wildman–Crippen LogP) is 3.40. The van der Waals surface area contributed by atoms with E-state index in [1.807, 2.05) is 30.3 Å². The Morgan fingerprint density at radius 1 is 1.18 bits per heavy atom. The second-order valence-corrected chi connectivity index (χ2v) is 4.37. The fourth-order valence-electron chi connectivity index (χ4n) is 1.71. The minimum atomic E-state index is -0.490. The minimum Gasteiger partial charge on any atom is -0.388 e. The van der Waals surface area contributed by atoms with Crippen molar-refractivity contribution in [2.24, 2.45) is 0 Å². The summed E-state index contributed by atoms with van der Waals surface area (Å²) >= 11 is 5.88. The highest BCUT2D eigenvalue weighted by molar-refractivity contribution is 6.30. The SMILES string of the molecule is OC(CCc1ccccn1)c1cccc(Cl)c1. The summed E-state index contributed by atoms with van der Waals surface area (Å²) in [4.78, 5) is 4.22. The molecule has 1 heterocycles. The van der Waals surface area contributed by atoms with Crippen LogP contribution in [0.25, 0.3) is 0 Å². The number of pyridine rings is 1. The molecule has 0 spiro atoms. The van der Waals surface area contributed by atoms with Gasteiger partial charge < -0.3 is 5.11 Å². The molecule has 1 unspecified atom stereocenters. The van der Waals surface area contributed by atoms with E-state index in [4.69, 9.17) is 11.6 Å². The van der Waals surface area contributed by atoms with E-state index in [-0.39, 0.29) is 0 Å². The van der Waals surface area contributed by atoms with Crippen LogP contribution in [0.5, 0.6) is 0 Å². The molecule has 1 N–H and O–H groups in total. The molecule has 1 aromatic heterocycles. The second-order valence-electron chi connectivity index (χ2n) is 3.93. The van der Waals surface area contributed by atoms with Gasteiger partial charge in [-0.15, -0.1) is 0 Å². The van der Waals surface area contributed by atoms with Gasteiger partial charge in [0.15, 0.2) is 0 Å². The molecule has 0 fully saturated rings. The van der Waals surface area contributed by atoms with E-state index in [9.17, 15) is 5.11 Å². The average Bonchev–Trinajstić information content (AvgIpc) is 2.37. The molecule has 1 atom stereocenters. The quantitative estimate of drug-likeness (QED) is 0.898. The maximum absolute atomic E-state index is 10.0. The van der Waals surface area contributed by atoms with Gasteiger partial charge in [-0.25, -0.2) is 0 Å². The maximum Gasteiger partial charge on any atom is 0.0794 e. The summed E-state index contributed by atoms with van der Waals surface area (Å²) in [6.45, 7) is 0. The molecule has 3 heteroatoms. The fourth-order valence-corrected chi connectivity index (χ4v) is 1.91. The van der Waals surface area contributed by atoms with E-state index in [0.29, 0.717) is 11.4 Å². The zero-order chi connectivity index (χ0) is 12.1. The highest BCUT2D eigenvalue weighted by Gasteiger charge is 2.08. The molecule has 0 aliphatic heterocycles. The first-order valence-corrected chi connectivity index (χ1v) is 5.97. The van der Waals surface area contributed by atoms with Crippen LogP contribution in [0.1, 0.15) is 23.8 Å². The van der Waals surface area contributed by atoms with Crippen LogP contribution in [-0.4, -0.2) is 10.1 Å². The monoisotopic (exact) mass is 247 g/mol. The zero-order valence-corrected chi connectivity index (χ0v) is 10.1. The van der Waals surface area contributed by atoms with Crippen molar-refractivity contribution in [3.8, 4) is 0 Å². The van der Waals surface area contributed by atoms with Crippen LogP contribution in [-0.2, 0) is 6.42 Å². The molecule has 0 saturated carbocycles. The number of benzene rings is 1. The molecule has 2 nitrogen and oxygen atoms in total. The van der Waals surface area contributed by atoms with Crippen LogP contribution in [0.4, 0.5) is 0 Å². The van der Waals surface area contributed by atoms with E-state index >= 15 is 0 Å². The number of halogens is 1. The molecule has 2 aromatic rings. The topological polar surface area (TPSA) is 33.1 Å². The third kappa shape index (κ3) is 3.55. The molecular formula is C14H14ClNO. The number of aliphatic hydroxyl groups is 1. The summed E-state index contributed by atoms with van der Waals surface area (Å²) in [6, 6.07) is 13.1. The van der Waals surface area contributed by atoms with E-state index in [0.717, 1.165) is 17.7 Å². The van der Waals surface area contributed by atoms with Crippen molar-refractivity contribution in [3.05, 3.63) is 64.9 Å². The largest absolute Gasteiger partial charge is 0.388 e. The lowest BCUT2D eigenvalue weighted by molar-refractivity contribution is 0.167. The Balaban J connectivity index is 1.96.